The Morgan fingerprint density at radius 3 is 2.56 bits per heavy atom. The van der Waals surface area contributed by atoms with Gasteiger partial charge in [-0.2, -0.15) is 5.10 Å². The average Bonchev–Trinajstić information content (AvgIpc) is 3.51. The fourth-order valence-electron chi connectivity index (χ4n) is 3.20. The van der Waals surface area contributed by atoms with Crippen LogP contribution in [0.4, 0.5) is 0 Å². The zero-order chi connectivity index (χ0) is 21.3. The summed E-state index contributed by atoms with van der Waals surface area (Å²) in [6.45, 7) is 4.82. The number of hydrogen-bond donors (Lipinski definition) is 2. The molecule has 0 aliphatic carbocycles. The molecule has 0 spiro atoms. The van der Waals surface area contributed by atoms with Crippen LogP contribution in [0.15, 0.2) is 84.8 Å². The topological polar surface area (TPSA) is 85.0 Å². The van der Waals surface area contributed by atoms with Crippen molar-refractivity contribution in [2.75, 3.05) is 6.54 Å². The fourth-order valence-corrected chi connectivity index (χ4v) is 3.20. The van der Waals surface area contributed by atoms with Gasteiger partial charge in [-0.05, 0) is 35.7 Å². The van der Waals surface area contributed by atoms with Crippen molar-refractivity contribution in [3.05, 3.63) is 96.5 Å². The Balaban J connectivity index is 0.00000289. The lowest BCUT2D eigenvalue weighted by Gasteiger charge is -2.14. The van der Waals surface area contributed by atoms with E-state index >= 15 is 0 Å². The Hall–Kier alpha value is -3.21. The van der Waals surface area contributed by atoms with Crippen LogP contribution in [0.3, 0.4) is 0 Å². The van der Waals surface area contributed by atoms with Crippen LogP contribution in [0.2, 0.25) is 0 Å². The van der Waals surface area contributed by atoms with E-state index in [1.807, 2.05) is 46.0 Å². The Morgan fingerprint density at radius 2 is 1.88 bits per heavy atom. The van der Waals surface area contributed by atoms with Crippen molar-refractivity contribution in [1.82, 2.24) is 34.9 Å². The molecule has 0 fully saturated rings. The third-order valence-electron chi connectivity index (χ3n) is 4.80. The van der Waals surface area contributed by atoms with Crippen molar-refractivity contribution < 1.29 is 0 Å². The molecule has 0 aliphatic heterocycles. The molecule has 166 valence electrons. The van der Waals surface area contributed by atoms with Gasteiger partial charge < -0.3 is 10.6 Å². The minimum absolute atomic E-state index is 0. The number of benzene rings is 1. The Kier molecular flexibility index (Phi) is 8.79. The van der Waals surface area contributed by atoms with Crippen molar-refractivity contribution in [3.63, 3.8) is 0 Å². The van der Waals surface area contributed by atoms with Crippen LogP contribution in [0.25, 0.3) is 5.82 Å². The number of imidazole rings is 1. The van der Waals surface area contributed by atoms with Gasteiger partial charge in [-0.1, -0.05) is 30.3 Å². The van der Waals surface area contributed by atoms with Crippen LogP contribution in [-0.4, -0.2) is 36.8 Å². The maximum Gasteiger partial charge on any atom is 0.191 e. The maximum absolute atomic E-state index is 4.71. The number of rotatable bonds is 8. The summed E-state index contributed by atoms with van der Waals surface area (Å²) < 4.78 is 3.80. The van der Waals surface area contributed by atoms with Gasteiger partial charge in [0.15, 0.2) is 5.96 Å². The normalized spacial score (nSPS) is 11.1. The molecule has 1 aromatic carbocycles. The van der Waals surface area contributed by atoms with E-state index in [2.05, 4.69) is 56.9 Å². The van der Waals surface area contributed by atoms with Crippen molar-refractivity contribution in [3.8, 4) is 5.82 Å². The summed E-state index contributed by atoms with van der Waals surface area (Å²) in [6, 6.07) is 14.3. The predicted molar refractivity (Wildman–Crippen MR) is 136 cm³/mol. The molecule has 0 aliphatic rings. The molecule has 0 unspecified atom stereocenters. The van der Waals surface area contributed by atoms with Crippen molar-refractivity contribution in [2.45, 2.75) is 26.6 Å². The van der Waals surface area contributed by atoms with Crippen molar-refractivity contribution in [1.29, 1.82) is 0 Å². The molecule has 32 heavy (non-hydrogen) atoms. The summed E-state index contributed by atoms with van der Waals surface area (Å²) in [5.74, 6) is 1.61. The van der Waals surface area contributed by atoms with Crippen molar-refractivity contribution >= 4 is 29.9 Å². The number of hydrogen-bond acceptors (Lipinski definition) is 4. The molecule has 0 radical (unpaired) electrons. The highest BCUT2D eigenvalue weighted by Crippen LogP contribution is 2.10. The quantitative estimate of drug-likeness (QED) is 0.203. The van der Waals surface area contributed by atoms with Crippen LogP contribution >= 0.6 is 24.0 Å². The van der Waals surface area contributed by atoms with Gasteiger partial charge in [0.2, 0.25) is 0 Å². The second-order valence-electron chi connectivity index (χ2n) is 7.02. The number of pyridine rings is 1. The second-order valence-corrected chi connectivity index (χ2v) is 7.02. The zero-order valence-electron chi connectivity index (χ0n) is 17.9. The third-order valence-corrected chi connectivity index (χ3v) is 4.80. The summed E-state index contributed by atoms with van der Waals surface area (Å²) in [5.41, 5.74) is 3.49. The summed E-state index contributed by atoms with van der Waals surface area (Å²) in [4.78, 5) is 13.3. The number of nitrogens with one attached hydrogen (secondary N) is 2. The highest BCUT2D eigenvalue weighted by molar-refractivity contribution is 14.0. The molecular formula is C23H27IN8. The molecule has 9 heteroatoms. The van der Waals surface area contributed by atoms with E-state index in [4.69, 9.17) is 4.99 Å². The maximum atomic E-state index is 4.71. The first-order chi connectivity index (χ1) is 15.3. The lowest BCUT2D eigenvalue weighted by Crippen LogP contribution is -2.37. The zero-order valence-corrected chi connectivity index (χ0v) is 20.3. The molecule has 3 heterocycles. The molecule has 8 nitrogen and oxygen atoms in total. The number of halogens is 1. The van der Waals surface area contributed by atoms with Crippen LogP contribution < -0.4 is 10.6 Å². The second kappa shape index (κ2) is 12.0. The Labute approximate surface area is 204 Å². The van der Waals surface area contributed by atoms with E-state index < -0.39 is 0 Å². The molecule has 4 rings (SSSR count). The standard InChI is InChI=1S/C23H26N8.HI/c1-2-25-23(27-15-19-8-9-22(26-14-19)30-13-11-24-18-30)28-16-20-6-3-4-7-21(20)17-31-12-5-10-29-31;/h3-14,18H,2,15-17H2,1H3,(H2,25,27,28);1H. The van der Waals surface area contributed by atoms with Gasteiger partial charge in [-0.25, -0.2) is 15.0 Å². The summed E-state index contributed by atoms with van der Waals surface area (Å²) in [6.07, 6.45) is 11.0. The van der Waals surface area contributed by atoms with Gasteiger partial charge in [0.25, 0.3) is 0 Å². The van der Waals surface area contributed by atoms with Crippen molar-refractivity contribution in [2.24, 2.45) is 4.99 Å². The molecule has 4 aromatic rings. The molecule has 2 N–H and O–H groups in total. The Morgan fingerprint density at radius 1 is 1.00 bits per heavy atom. The smallest absolute Gasteiger partial charge is 0.191 e. The largest absolute Gasteiger partial charge is 0.357 e. The monoisotopic (exact) mass is 542 g/mol. The molecule has 0 saturated carbocycles. The summed E-state index contributed by atoms with van der Waals surface area (Å²) in [5, 5.41) is 11.1. The van der Waals surface area contributed by atoms with Crippen LogP contribution in [-0.2, 0) is 19.6 Å². The average molecular weight is 542 g/mol. The molecule has 0 atom stereocenters. The fraction of sp³-hybridized carbons (Fsp3) is 0.217. The molecular weight excluding hydrogens is 515 g/mol. The van der Waals surface area contributed by atoms with Gasteiger partial charge in [0.05, 0.1) is 13.1 Å². The van der Waals surface area contributed by atoms with E-state index in [-0.39, 0.29) is 24.0 Å². The van der Waals surface area contributed by atoms with Gasteiger partial charge in [-0.15, -0.1) is 24.0 Å². The van der Waals surface area contributed by atoms with E-state index in [0.29, 0.717) is 13.1 Å². The number of aromatic nitrogens is 5. The highest BCUT2D eigenvalue weighted by Gasteiger charge is 2.05. The number of nitrogens with zero attached hydrogens (tertiary/aromatic N) is 6. The van der Waals surface area contributed by atoms with Crippen LogP contribution in [0, 0.1) is 0 Å². The van der Waals surface area contributed by atoms with Gasteiger partial charge in [0, 0.05) is 44.1 Å². The summed E-state index contributed by atoms with van der Waals surface area (Å²) in [7, 11) is 0. The van der Waals surface area contributed by atoms with Crippen LogP contribution in [0.1, 0.15) is 23.6 Å². The first kappa shape index (κ1) is 23.5. The minimum Gasteiger partial charge on any atom is -0.357 e. The Bertz CT molecular complexity index is 1090. The van der Waals surface area contributed by atoms with E-state index in [1.54, 1.807) is 18.7 Å². The van der Waals surface area contributed by atoms with Gasteiger partial charge in [0.1, 0.15) is 12.1 Å². The van der Waals surface area contributed by atoms with E-state index in [0.717, 1.165) is 30.4 Å². The molecule has 0 amide bonds. The minimum atomic E-state index is 0. The summed E-state index contributed by atoms with van der Waals surface area (Å²) >= 11 is 0. The van der Waals surface area contributed by atoms with Gasteiger partial charge in [-0.3, -0.25) is 9.25 Å². The first-order valence-electron chi connectivity index (χ1n) is 10.3. The first-order valence-corrected chi connectivity index (χ1v) is 10.3. The van der Waals surface area contributed by atoms with E-state index in [9.17, 15) is 0 Å². The highest BCUT2D eigenvalue weighted by atomic mass is 127. The lowest BCUT2D eigenvalue weighted by atomic mass is 10.1. The number of guanidine groups is 1. The SMILES string of the molecule is CCNC(=NCc1ccc(-n2ccnc2)nc1)NCc1ccccc1Cn1cccn1.I. The molecule has 0 saturated heterocycles. The lowest BCUT2D eigenvalue weighted by molar-refractivity contribution is 0.677. The molecule has 0 bridgehead atoms. The van der Waals surface area contributed by atoms with Gasteiger partial charge >= 0.3 is 0 Å². The van der Waals surface area contributed by atoms with E-state index in [1.165, 1.54) is 11.1 Å². The third kappa shape index (κ3) is 6.39. The van der Waals surface area contributed by atoms with Crippen LogP contribution in [0.5, 0.6) is 0 Å². The predicted octanol–water partition coefficient (Wildman–Crippen LogP) is 3.39. The molecule has 3 aromatic heterocycles. The number of aliphatic imine (C=N–C) groups is 1.